The van der Waals surface area contributed by atoms with E-state index in [1.807, 2.05) is 30.3 Å². The summed E-state index contributed by atoms with van der Waals surface area (Å²) >= 11 is 1.47. The maximum atomic E-state index is 13.6. The number of likely N-dealkylation sites (tertiary alicyclic amines) is 1. The number of aromatic amines is 1. The molecule has 1 aliphatic carbocycles. The van der Waals surface area contributed by atoms with Gasteiger partial charge >= 0.3 is 0 Å². The molecule has 10 heteroatoms. The molecule has 0 saturated carbocycles. The molecule has 2 aliphatic rings. The zero-order valence-electron chi connectivity index (χ0n) is 25.4. The van der Waals surface area contributed by atoms with Crippen LogP contribution in [0.4, 0.5) is 0 Å². The summed E-state index contributed by atoms with van der Waals surface area (Å²) in [7, 11) is 0. The molecule has 1 saturated heterocycles. The largest absolute Gasteiger partial charge is 0.483 e. The second kappa shape index (κ2) is 13.4. The van der Waals surface area contributed by atoms with E-state index in [2.05, 4.69) is 42.0 Å². The van der Waals surface area contributed by atoms with Gasteiger partial charge in [0.15, 0.2) is 0 Å². The Balaban J connectivity index is 0.00000123. The Morgan fingerprint density at radius 2 is 1.86 bits per heavy atom. The molecule has 1 amide bonds. The first-order valence-corrected chi connectivity index (χ1v) is 15.9. The van der Waals surface area contributed by atoms with Crippen molar-refractivity contribution >= 4 is 33.9 Å². The number of aliphatic hydroxyl groups excluding tert-OH is 1. The number of β-amino-alcohol motifs (C(OH)–C–C–N with tert-alkyl or cyclic N) is 1. The van der Waals surface area contributed by atoms with Crippen molar-refractivity contribution in [3.8, 4) is 11.1 Å². The third kappa shape index (κ3) is 7.43. The molecule has 1 fully saturated rings. The molecule has 6 rings (SSSR count). The van der Waals surface area contributed by atoms with Crippen LogP contribution in [0.25, 0.3) is 21.3 Å². The van der Waals surface area contributed by atoms with Gasteiger partial charge in [0.1, 0.15) is 4.83 Å². The van der Waals surface area contributed by atoms with Crippen molar-refractivity contribution in [3.63, 3.8) is 0 Å². The van der Waals surface area contributed by atoms with Gasteiger partial charge in [-0.25, -0.2) is 4.98 Å². The predicted molar refractivity (Wildman–Crippen MR) is 173 cm³/mol. The van der Waals surface area contributed by atoms with Gasteiger partial charge in [-0.1, -0.05) is 45.0 Å². The molecular weight excluding hydrogens is 576 g/mol. The maximum absolute atomic E-state index is 13.6. The van der Waals surface area contributed by atoms with Gasteiger partial charge in [0.2, 0.25) is 5.56 Å². The second-order valence-electron chi connectivity index (χ2n) is 12.8. The van der Waals surface area contributed by atoms with Crippen LogP contribution in [0.15, 0.2) is 59.5 Å². The molecule has 0 unspecified atom stereocenters. The standard InChI is InChI=1S/C33H38N4O3S.CH2O2/c1-33(2,3)25-9-10-27-23(15-25)14-24-16-29(41-32(24)36-27)31(40)35-28(12-13-37-18-26(38)19-37)21-6-4-20(5-7-21)22-8-11-30(39)34-17-22;2-1-3/h4-8,11,14,16-17,25-26,28,38H,9-10,12-13,15,18-19H2,1-3H3,(H,34,39)(H,35,40);1H,(H,2,3)/t25-,28+;/m0./s1. The highest BCUT2D eigenvalue weighted by molar-refractivity contribution is 7.20. The minimum absolute atomic E-state index is 0.0862. The van der Waals surface area contributed by atoms with Crippen molar-refractivity contribution in [3.05, 3.63) is 86.8 Å². The zero-order chi connectivity index (χ0) is 31.4. The SMILES string of the molecule is CC(C)(C)[C@H]1CCc2nc3sc(C(=O)N[C@H](CCN4CC(O)C4)c4ccc(-c5ccc(=O)[nH]c5)cc4)cc3cc2C1.O=CO. The molecule has 3 aromatic heterocycles. The lowest BCUT2D eigenvalue weighted by Gasteiger charge is -2.36. The van der Waals surface area contributed by atoms with Gasteiger partial charge in [-0.05, 0) is 77.5 Å². The molecule has 4 heterocycles. The topological polar surface area (TPSA) is 136 Å². The number of carbonyl (C=O) groups excluding carboxylic acids is 1. The van der Waals surface area contributed by atoms with E-state index >= 15 is 0 Å². The number of nitrogens with one attached hydrogen (secondary N) is 2. The van der Waals surface area contributed by atoms with E-state index in [-0.39, 0.29) is 35.5 Å². The molecule has 0 spiro atoms. The summed E-state index contributed by atoms with van der Waals surface area (Å²) in [6.07, 6.45) is 5.39. The molecule has 0 bridgehead atoms. The van der Waals surface area contributed by atoms with Gasteiger partial charge in [0.25, 0.3) is 12.4 Å². The van der Waals surface area contributed by atoms with Crippen LogP contribution in [0.5, 0.6) is 0 Å². The van der Waals surface area contributed by atoms with Gasteiger partial charge in [-0.3, -0.25) is 19.3 Å². The van der Waals surface area contributed by atoms with E-state index in [1.165, 1.54) is 28.7 Å². The van der Waals surface area contributed by atoms with Crippen molar-refractivity contribution in [2.24, 2.45) is 11.3 Å². The average molecular weight is 617 g/mol. The van der Waals surface area contributed by atoms with Gasteiger partial charge in [0, 0.05) is 43.0 Å². The Bertz CT molecular complexity index is 1650. The van der Waals surface area contributed by atoms with Crippen molar-refractivity contribution < 1.29 is 19.8 Å². The van der Waals surface area contributed by atoms with E-state index < -0.39 is 0 Å². The minimum atomic E-state index is -0.254. The Morgan fingerprint density at radius 3 is 2.50 bits per heavy atom. The molecule has 2 atom stereocenters. The highest BCUT2D eigenvalue weighted by atomic mass is 32.1. The lowest BCUT2D eigenvalue weighted by atomic mass is 9.71. The number of carbonyl (C=O) groups is 2. The van der Waals surface area contributed by atoms with Crippen LogP contribution in [0.3, 0.4) is 0 Å². The molecule has 0 radical (unpaired) electrons. The van der Waals surface area contributed by atoms with Gasteiger partial charge in [0.05, 0.1) is 17.0 Å². The molecule has 4 aromatic rings. The Kier molecular flexibility index (Phi) is 9.62. The molecule has 232 valence electrons. The number of hydrogen-bond donors (Lipinski definition) is 4. The number of nitrogens with zero attached hydrogens (tertiary/aromatic N) is 2. The fraction of sp³-hybridized carbons (Fsp3) is 0.412. The number of hydrogen-bond acceptors (Lipinski definition) is 7. The summed E-state index contributed by atoms with van der Waals surface area (Å²) in [6, 6.07) is 15.5. The summed E-state index contributed by atoms with van der Waals surface area (Å²) in [4.78, 5) is 44.9. The lowest BCUT2D eigenvalue weighted by Crippen LogP contribution is -2.51. The van der Waals surface area contributed by atoms with Gasteiger partial charge in [-0.2, -0.15) is 0 Å². The smallest absolute Gasteiger partial charge is 0.290 e. The number of carboxylic acid groups (broad SMARTS) is 1. The third-order valence-electron chi connectivity index (χ3n) is 8.73. The average Bonchev–Trinajstić information content (AvgIpc) is 3.40. The number of aliphatic hydroxyl groups is 1. The monoisotopic (exact) mass is 616 g/mol. The number of H-pyrrole nitrogens is 1. The quantitative estimate of drug-likeness (QED) is 0.214. The first-order valence-electron chi connectivity index (χ1n) is 15.0. The highest BCUT2D eigenvalue weighted by Crippen LogP contribution is 2.38. The van der Waals surface area contributed by atoms with Crippen LogP contribution < -0.4 is 10.9 Å². The van der Waals surface area contributed by atoms with Crippen LogP contribution in [0.1, 0.15) is 66.1 Å². The van der Waals surface area contributed by atoms with Crippen LogP contribution in [0, 0.1) is 11.3 Å². The first kappa shape index (κ1) is 31.6. The second-order valence-corrected chi connectivity index (χ2v) is 13.8. The van der Waals surface area contributed by atoms with Crippen LogP contribution in [0.2, 0.25) is 0 Å². The molecule has 1 aromatic carbocycles. The summed E-state index contributed by atoms with van der Waals surface area (Å²) in [5.41, 5.74) is 5.60. The fourth-order valence-electron chi connectivity index (χ4n) is 6.06. The number of aromatic nitrogens is 2. The maximum Gasteiger partial charge on any atom is 0.290 e. The number of aryl methyl sites for hydroxylation is 1. The lowest BCUT2D eigenvalue weighted by molar-refractivity contribution is -0.122. The summed E-state index contributed by atoms with van der Waals surface area (Å²) in [6.45, 7) is 8.85. The van der Waals surface area contributed by atoms with Gasteiger partial charge in [-0.15, -0.1) is 11.3 Å². The summed E-state index contributed by atoms with van der Waals surface area (Å²) in [5, 5.41) is 20.9. The Labute approximate surface area is 261 Å². The predicted octanol–water partition coefficient (Wildman–Crippen LogP) is 5.04. The molecular formula is C34H40N4O5S. The van der Waals surface area contributed by atoms with E-state index in [0.29, 0.717) is 23.9 Å². The van der Waals surface area contributed by atoms with Crippen molar-refractivity contribution in [2.45, 2.75) is 58.6 Å². The highest BCUT2D eigenvalue weighted by Gasteiger charge is 2.30. The van der Waals surface area contributed by atoms with Gasteiger partial charge < -0.3 is 20.5 Å². The van der Waals surface area contributed by atoms with Crippen molar-refractivity contribution in [1.82, 2.24) is 20.2 Å². The Morgan fingerprint density at radius 1 is 1.16 bits per heavy atom. The third-order valence-corrected chi connectivity index (χ3v) is 9.77. The summed E-state index contributed by atoms with van der Waals surface area (Å²) < 4.78 is 0. The van der Waals surface area contributed by atoms with E-state index in [0.717, 1.165) is 59.1 Å². The number of pyridine rings is 2. The van der Waals surface area contributed by atoms with E-state index in [4.69, 9.17) is 14.9 Å². The first-order chi connectivity index (χ1) is 21.0. The zero-order valence-corrected chi connectivity index (χ0v) is 26.2. The van der Waals surface area contributed by atoms with E-state index in [1.54, 1.807) is 12.3 Å². The van der Waals surface area contributed by atoms with Crippen LogP contribution in [-0.4, -0.2) is 63.2 Å². The minimum Gasteiger partial charge on any atom is -0.483 e. The van der Waals surface area contributed by atoms with E-state index in [9.17, 15) is 14.7 Å². The summed E-state index contributed by atoms with van der Waals surface area (Å²) in [5.74, 6) is 0.552. The van der Waals surface area contributed by atoms with Crippen LogP contribution in [-0.2, 0) is 17.6 Å². The molecule has 9 nitrogen and oxygen atoms in total. The number of thiophene rings is 1. The van der Waals surface area contributed by atoms with Crippen LogP contribution >= 0.6 is 11.3 Å². The number of rotatable bonds is 7. The van der Waals surface area contributed by atoms with Crippen molar-refractivity contribution in [1.29, 1.82) is 0 Å². The normalized spacial score (nSPS) is 17.6. The molecule has 1 aliphatic heterocycles. The molecule has 44 heavy (non-hydrogen) atoms. The number of amides is 1. The van der Waals surface area contributed by atoms with Crippen molar-refractivity contribution in [2.75, 3.05) is 19.6 Å². The number of benzene rings is 1. The fourth-order valence-corrected chi connectivity index (χ4v) is 7.00. The Hall–Kier alpha value is -3.86. The number of fused-ring (bicyclic) bond motifs is 2. The molecule has 4 N–H and O–H groups in total.